The summed E-state index contributed by atoms with van der Waals surface area (Å²) in [4.78, 5) is 73.0. The van der Waals surface area contributed by atoms with Crippen molar-refractivity contribution in [2.75, 3.05) is 39.6 Å². The highest BCUT2D eigenvalue weighted by Crippen LogP contribution is 2.45. The van der Waals surface area contributed by atoms with Gasteiger partial charge in [0.05, 0.1) is 26.4 Å². The predicted octanol–water partition coefficient (Wildman–Crippen LogP) is 24.4. The summed E-state index contributed by atoms with van der Waals surface area (Å²) in [6.07, 6.45) is 58.5. The highest BCUT2D eigenvalue weighted by Gasteiger charge is 2.30. The van der Waals surface area contributed by atoms with Crippen LogP contribution in [0.4, 0.5) is 0 Å². The molecule has 600 valence electrons. The zero-order valence-corrected chi connectivity index (χ0v) is 68.3. The van der Waals surface area contributed by atoms with Crippen LogP contribution in [0, 0.1) is 23.7 Å². The van der Waals surface area contributed by atoms with Gasteiger partial charge in [0.25, 0.3) is 0 Å². The molecule has 17 nitrogen and oxygen atoms in total. The average molecular weight is 1480 g/mol. The maximum atomic E-state index is 13.1. The number of rotatable bonds is 79. The molecule has 0 aliphatic rings. The van der Waals surface area contributed by atoms with Gasteiger partial charge in [-0.2, -0.15) is 0 Å². The van der Waals surface area contributed by atoms with Gasteiger partial charge >= 0.3 is 39.5 Å². The number of aliphatic hydroxyl groups is 1. The van der Waals surface area contributed by atoms with Crippen molar-refractivity contribution in [3.63, 3.8) is 0 Å². The highest BCUT2D eigenvalue weighted by molar-refractivity contribution is 7.47. The summed E-state index contributed by atoms with van der Waals surface area (Å²) in [6, 6.07) is 0. The molecule has 101 heavy (non-hydrogen) atoms. The van der Waals surface area contributed by atoms with Crippen LogP contribution >= 0.6 is 15.6 Å². The van der Waals surface area contributed by atoms with Crippen LogP contribution in [0.3, 0.4) is 0 Å². The van der Waals surface area contributed by atoms with Gasteiger partial charge in [-0.15, -0.1) is 0 Å². The number of esters is 4. The molecule has 6 atom stereocenters. The largest absolute Gasteiger partial charge is 0.472 e. The molecule has 0 amide bonds. The van der Waals surface area contributed by atoms with E-state index in [-0.39, 0.29) is 25.7 Å². The lowest BCUT2D eigenvalue weighted by atomic mass is 10.00. The molecule has 3 N–H and O–H groups in total. The normalized spacial score (nSPS) is 14.3. The fourth-order valence-electron chi connectivity index (χ4n) is 12.6. The second-order valence-corrected chi connectivity index (χ2v) is 34.1. The third-order valence-electron chi connectivity index (χ3n) is 19.4. The van der Waals surface area contributed by atoms with E-state index in [4.69, 9.17) is 37.0 Å². The third-order valence-corrected chi connectivity index (χ3v) is 21.3. The zero-order valence-electron chi connectivity index (χ0n) is 66.5. The summed E-state index contributed by atoms with van der Waals surface area (Å²) in [7, 11) is -9.92. The van der Waals surface area contributed by atoms with E-state index in [0.717, 1.165) is 120 Å². The second kappa shape index (κ2) is 71.0. The van der Waals surface area contributed by atoms with Crippen molar-refractivity contribution in [2.45, 2.75) is 440 Å². The molecule has 0 aromatic carbocycles. The molecule has 0 aliphatic carbocycles. The lowest BCUT2D eigenvalue weighted by molar-refractivity contribution is -0.161. The van der Waals surface area contributed by atoms with E-state index in [2.05, 4.69) is 55.4 Å². The molecular weight excluding hydrogens is 1320 g/mol. The van der Waals surface area contributed by atoms with Crippen molar-refractivity contribution in [2.24, 2.45) is 23.7 Å². The van der Waals surface area contributed by atoms with Gasteiger partial charge < -0.3 is 33.8 Å². The SMILES string of the molecule is CCC(C)CCCCCCCCC(=O)OC[C@H](COP(=O)(O)OC[C@H](O)COP(=O)(O)OC[C@@H](COC(=O)CCCCCCCCCCC(C)C)OC(=O)CCCCCCCCCCCCCCCCCCC(C)C)OC(=O)CCCCCCCCCCCCCCCCCCCCC(C)C. The van der Waals surface area contributed by atoms with E-state index in [0.29, 0.717) is 25.7 Å². The summed E-state index contributed by atoms with van der Waals surface area (Å²) in [6.45, 7) is 14.2. The average Bonchev–Trinajstić information content (AvgIpc) is 1.02. The minimum absolute atomic E-state index is 0.107. The Balaban J connectivity index is 5.18. The lowest BCUT2D eigenvalue weighted by Crippen LogP contribution is -2.30. The third kappa shape index (κ3) is 74.7. The molecule has 0 fully saturated rings. The Hall–Kier alpha value is -1.94. The first-order chi connectivity index (χ1) is 48.6. The van der Waals surface area contributed by atoms with Crippen molar-refractivity contribution < 1.29 is 80.2 Å². The first kappa shape index (κ1) is 99.1. The number of hydrogen-bond donors (Lipinski definition) is 3. The summed E-state index contributed by atoms with van der Waals surface area (Å²) in [5.74, 6) is 0.971. The van der Waals surface area contributed by atoms with E-state index in [1.807, 2.05) is 0 Å². The first-order valence-corrected chi connectivity index (χ1v) is 45.2. The summed E-state index contributed by atoms with van der Waals surface area (Å²) in [5, 5.41) is 10.6. The van der Waals surface area contributed by atoms with E-state index >= 15 is 0 Å². The number of phosphoric ester groups is 2. The van der Waals surface area contributed by atoms with E-state index in [9.17, 15) is 43.2 Å². The molecule has 19 heteroatoms. The van der Waals surface area contributed by atoms with Crippen LogP contribution in [-0.2, 0) is 65.4 Å². The van der Waals surface area contributed by atoms with Gasteiger partial charge in [0.1, 0.15) is 19.3 Å². The molecule has 0 saturated heterocycles. The van der Waals surface area contributed by atoms with Crippen molar-refractivity contribution in [1.29, 1.82) is 0 Å². The van der Waals surface area contributed by atoms with E-state index < -0.39 is 97.5 Å². The lowest BCUT2D eigenvalue weighted by Gasteiger charge is -2.21. The molecule has 0 rings (SSSR count). The summed E-state index contributed by atoms with van der Waals surface area (Å²) < 4.78 is 68.7. The van der Waals surface area contributed by atoms with Gasteiger partial charge in [0.2, 0.25) is 0 Å². The molecule has 0 saturated carbocycles. The second-order valence-electron chi connectivity index (χ2n) is 31.2. The maximum absolute atomic E-state index is 13.1. The van der Waals surface area contributed by atoms with Gasteiger partial charge in [-0.05, 0) is 49.4 Å². The van der Waals surface area contributed by atoms with Crippen LogP contribution in [0.5, 0.6) is 0 Å². The monoisotopic (exact) mass is 1480 g/mol. The number of carbonyl (C=O) groups is 4. The molecule has 0 radical (unpaired) electrons. The molecule has 0 bridgehead atoms. The number of ether oxygens (including phenoxy) is 4. The molecular formula is C82H160O17P2. The van der Waals surface area contributed by atoms with Crippen molar-refractivity contribution in [3.8, 4) is 0 Å². The van der Waals surface area contributed by atoms with Crippen LogP contribution in [0.2, 0.25) is 0 Å². The summed E-state index contributed by atoms with van der Waals surface area (Å²) >= 11 is 0. The summed E-state index contributed by atoms with van der Waals surface area (Å²) in [5.41, 5.74) is 0. The molecule has 0 aliphatic heterocycles. The highest BCUT2D eigenvalue weighted by atomic mass is 31.2. The Labute approximate surface area is 619 Å². The Morgan fingerprint density at radius 3 is 0.703 bits per heavy atom. The number of unbranched alkanes of at least 4 members (excludes halogenated alkanes) is 44. The molecule has 3 unspecified atom stereocenters. The predicted molar refractivity (Wildman–Crippen MR) is 414 cm³/mol. The van der Waals surface area contributed by atoms with Gasteiger partial charge in [0, 0.05) is 25.7 Å². The smallest absolute Gasteiger partial charge is 0.462 e. The van der Waals surface area contributed by atoms with E-state index in [1.165, 1.54) is 218 Å². The molecule has 0 spiro atoms. The molecule has 0 heterocycles. The molecule has 0 aromatic rings. The molecule has 0 aromatic heterocycles. The van der Waals surface area contributed by atoms with Crippen LogP contribution in [-0.4, -0.2) is 96.7 Å². The number of aliphatic hydroxyl groups excluding tert-OH is 1. The Kier molecular flexibility index (Phi) is 69.6. The standard InChI is InChI=1S/C82H160O17P2/c1-9-75(8)61-53-45-40-41-47-55-63-80(85)93-69-78(99-82(87)65-57-48-38-30-26-22-18-13-11-10-12-16-20-24-28-34-42-50-58-72(2)3)71-97-101(90,91)95-67-76(83)66-94-100(88,89)96-70-77(68-92-79(84)62-54-46-37-33-32-36-44-52-60-74(6)7)98-81(86)64-56-49-39-31-27-23-19-15-14-17-21-25-29-35-43-51-59-73(4)5/h72-78,83H,9-71H2,1-8H3,(H,88,89)(H,90,91)/t75?,76-,77-,78-/m1/s1. The minimum Gasteiger partial charge on any atom is -0.462 e. The maximum Gasteiger partial charge on any atom is 0.472 e. The fourth-order valence-corrected chi connectivity index (χ4v) is 14.2. The Morgan fingerprint density at radius 2 is 0.475 bits per heavy atom. The fraction of sp³-hybridized carbons (Fsp3) is 0.951. The minimum atomic E-state index is -4.96. The van der Waals surface area contributed by atoms with Gasteiger partial charge in [-0.3, -0.25) is 37.3 Å². The topological polar surface area (TPSA) is 237 Å². The Morgan fingerprint density at radius 1 is 0.277 bits per heavy atom. The van der Waals surface area contributed by atoms with Crippen LogP contribution in [0.15, 0.2) is 0 Å². The number of phosphoric acid groups is 2. The zero-order chi connectivity index (χ0) is 74.6. The quantitative estimate of drug-likeness (QED) is 0.0222. The first-order valence-electron chi connectivity index (χ1n) is 42.2. The van der Waals surface area contributed by atoms with Crippen molar-refractivity contribution in [3.05, 3.63) is 0 Å². The van der Waals surface area contributed by atoms with E-state index in [1.54, 1.807) is 0 Å². The van der Waals surface area contributed by atoms with Gasteiger partial charge in [0.15, 0.2) is 12.2 Å². The van der Waals surface area contributed by atoms with Crippen molar-refractivity contribution >= 4 is 39.5 Å². The van der Waals surface area contributed by atoms with Crippen molar-refractivity contribution in [1.82, 2.24) is 0 Å². The number of carbonyl (C=O) groups excluding carboxylic acids is 4. The Bertz CT molecular complexity index is 1970. The van der Waals surface area contributed by atoms with Crippen LogP contribution in [0.25, 0.3) is 0 Å². The number of hydrogen-bond acceptors (Lipinski definition) is 15. The van der Waals surface area contributed by atoms with Gasteiger partial charge in [-0.1, -0.05) is 370 Å². The van der Waals surface area contributed by atoms with Crippen LogP contribution < -0.4 is 0 Å². The van der Waals surface area contributed by atoms with Crippen LogP contribution in [0.1, 0.15) is 421 Å². The van der Waals surface area contributed by atoms with Gasteiger partial charge in [-0.25, -0.2) is 9.13 Å².